The molecular formula is C16H22N4S. The van der Waals surface area contributed by atoms with E-state index in [4.69, 9.17) is 4.98 Å². The van der Waals surface area contributed by atoms with Gasteiger partial charge in [-0.15, -0.1) is 0 Å². The van der Waals surface area contributed by atoms with Gasteiger partial charge in [0.2, 0.25) is 0 Å². The number of anilines is 1. The number of nitrogens with one attached hydrogen (secondary N) is 1. The second kappa shape index (κ2) is 5.89. The predicted molar refractivity (Wildman–Crippen MR) is 89.6 cm³/mol. The highest BCUT2D eigenvalue weighted by molar-refractivity contribution is 7.99. The van der Waals surface area contributed by atoms with E-state index in [9.17, 15) is 0 Å². The van der Waals surface area contributed by atoms with Crippen LogP contribution in [0.2, 0.25) is 0 Å². The molecule has 0 unspecified atom stereocenters. The Bertz CT molecular complexity index is 596. The molecule has 4 nitrogen and oxygen atoms in total. The number of nitrogens with zero attached hydrogens (tertiary/aromatic N) is 3. The molecule has 0 radical (unpaired) electrons. The van der Waals surface area contributed by atoms with Crippen LogP contribution in [0.1, 0.15) is 24.5 Å². The van der Waals surface area contributed by atoms with Crippen LogP contribution >= 0.6 is 11.8 Å². The zero-order valence-electron chi connectivity index (χ0n) is 12.3. The van der Waals surface area contributed by atoms with E-state index in [1.54, 1.807) is 0 Å². The average molecular weight is 302 g/mol. The summed E-state index contributed by atoms with van der Waals surface area (Å²) in [6.45, 7) is 4.32. The number of hydrogen-bond acceptors (Lipinski definition) is 4. The summed E-state index contributed by atoms with van der Waals surface area (Å²) in [6.07, 6.45) is 6.96. The van der Waals surface area contributed by atoms with Gasteiger partial charge in [0.15, 0.2) is 0 Å². The summed E-state index contributed by atoms with van der Waals surface area (Å²) >= 11 is 2.07. The van der Waals surface area contributed by atoms with E-state index in [2.05, 4.69) is 50.9 Å². The highest BCUT2D eigenvalue weighted by Crippen LogP contribution is 2.31. The van der Waals surface area contributed by atoms with Crippen molar-refractivity contribution in [3.63, 3.8) is 0 Å². The molecule has 4 rings (SSSR count). The lowest BCUT2D eigenvalue weighted by molar-refractivity contribution is 0.589. The Balaban J connectivity index is 1.61. The van der Waals surface area contributed by atoms with E-state index in [0.29, 0.717) is 5.92 Å². The van der Waals surface area contributed by atoms with E-state index < -0.39 is 0 Å². The zero-order valence-corrected chi connectivity index (χ0v) is 13.1. The molecule has 112 valence electrons. The smallest absolute Gasteiger partial charge is 0.139 e. The fourth-order valence-corrected chi connectivity index (χ4v) is 4.41. The van der Waals surface area contributed by atoms with Crippen LogP contribution < -0.4 is 10.2 Å². The molecule has 2 fully saturated rings. The quantitative estimate of drug-likeness (QED) is 0.923. The minimum Gasteiger partial charge on any atom is -0.369 e. The summed E-state index contributed by atoms with van der Waals surface area (Å²) < 4.78 is 2.18. The van der Waals surface area contributed by atoms with Crippen molar-refractivity contribution in [3.05, 3.63) is 30.2 Å². The summed E-state index contributed by atoms with van der Waals surface area (Å²) in [7, 11) is 0. The Morgan fingerprint density at radius 2 is 2.00 bits per heavy atom. The second-order valence-electron chi connectivity index (χ2n) is 5.94. The van der Waals surface area contributed by atoms with Crippen molar-refractivity contribution in [1.29, 1.82) is 0 Å². The highest BCUT2D eigenvalue weighted by Gasteiger charge is 2.19. The van der Waals surface area contributed by atoms with Gasteiger partial charge in [-0.25, -0.2) is 4.98 Å². The Labute approximate surface area is 129 Å². The van der Waals surface area contributed by atoms with Crippen LogP contribution in [0.3, 0.4) is 0 Å². The molecule has 0 spiro atoms. The van der Waals surface area contributed by atoms with Gasteiger partial charge in [-0.05, 0) is 30.4 Å². The lowest BCUT2D eigenvalue weighted by Crippen LogP contribution is -2.43. The fourth-order valence-electron chi connectivity index (χ4n) is 3.30. The average Bonchev–Trinajstić information content (AvgIpc) is 2.99. The normalized spacial score (nSPS) is 21.0. The first-order valence-electron chi connectivity index (χ1n) is 7.92. The molecule has 4 heterocycles. The number of hydrogen-bond donors (Lipinski definition) is 1. The summed E-state index contributed by atoms with van der Waals surface area (Å²) in [5.41, 5.74) is 3.69. The molecule has 0 aromatic carbocycles. The van der Waals surface area contributed by atoms with E-state index in [-0.39, 0.29) is 0 Å². The number of pyridine rings is 1. The minimum atomic E-state index is 0.661. The van der Waals surface area contributed by atoms with Crippen molar-refractivity contribution in [2.45, 2.75) is 18.8 Å². The van der Waals surface area contributed by atoms with E-state index in [0.717, 1.165) is 31.8 Å². The van der Waals surface area contributed by atoms with Crippen molar-refractivity contribution >= 4 is 23.1 Å². The van der Waals surface area contributed by atoms with Crippen LogP contribution in [0.15, 0.2) is 24.5 Å². The van der Waals surface area contributed by atoms with E-state index in [1.165, 1.54) is 35.7 Å². The van der Waals surface area contributed by atoms with Crippen LogP contribution in [0, 0.1) is 0 Å². The predicted octanol–water partition coefficient (Wildman–Crippen LogP) is 2.35. The van der Waals surface area contributed by atoms with Crippen molar-refractivity contribution in [1.82, 2.24) is 14.7 Å². The monoisotopic (exact) mass is 302 g/mol. The van der Waals surface area contributed by atoms with Gasteiger partial charge in [0.05, 0.1) is 5.69 Å². The third-order valence-electron chi connectivity index (χ3n) is 4.58. The number of thioether (sulfide) groups is 1. The van der Waals surface area contributed by atoms with Crippen molar-refractivity contribution in [3.8, 4) is 0 Å². The molecule has 0 atom stereocenters. The Morgan fingerprint density at radius 1 is 1.19 bits per heavy atom. The first kappa shape index (κ1) is 13.5. The van der Waals surface area contributed by atoms with Gasteiger partial charge in [-0.2, -0.15) is 11.8 Å². The highest BCUT2D eigenvalue weighted by atomic mass is 32.2. The molecule has 1 N–H and O–H groups in total. The molecule has 5 heteroatoms. The van der Waals surface area contributed by atoms with Gasteiger partial charge in [0.1, 0.15) is 5.65 Å². The van der Waals surface area contributed by atoms with Crippen LogP contribution in [-0.4, -0.2) is 47.1 Å². The first-order valence-corrected chi connectivity index (χ1v) is 9.08. The summed E-state index contributed by atoms with van der Waals surface area (Å²) in [6, 6.07) is 4.47. The topological polar surface area (TPSA) is 32.6 Å². The van der Waals surface area contributed by atoms with Crippen molar-refractivity contribution < 1.29 is 0 Å². The second-order valence-corrected chi connectivity index (χ2v) is 7.16. The Kier molecular flexibility index (Phi) is 3.78. The van der Waals surface area contributed by atoms with E-state index >= 15 is 0 Å². The molecule has 2 aliphatic rings. The third kappa shape index (κ3) is 2.77. The maximum Gasteiger partial charge on any atom is 0.139 e. The number of piperazine rings is 1. The van der Waals surface area contributed by atoms with Gasteiger partial charge in [0.25, 0.3) is 0 Å². The van der Waals surface area contributed by atoms with Gasteiger partial charge in [-0.1, -0.05) is 0 Å². The third-order valence-corrected chi connectivity index (χ3v) is 5.63. The molecule has 2 aliphatic heterocycles. The molecule has 0 saturated carbocycles. The van der Waals surface area contributed by atoms with Crippen LogP contribution in [0.25, 0.3) is 5.65 Å². The molecule has 0 bridgehead atoms. The number of aromatic nitrogens is 2. The minimum absolute atomic E-state index is 0.661. The van der Waals surface area contributed by atoms with Gasteiger partial charge >= 0.3 is 0 Å². The standard InChI is InChI=1S/C16H22N4S/c1-6-20-12-15(13-2-9-21-10-3-13)18-16(20)11-14(1)19-7-4-17-5-8-19/h1,6,11-13,17H,2-5,7-10H2. The summed E-state index contributed by atoms with van der Waals surface area (Å²) in [5.74, 6) is 3.23. The summed E-state index contributed by atoms with van der Waals surface area (Å²) in [5, 5.41) is 3.40. The molecule has 0 aliphatic carbocycles. The molecule has 2 aromatic rings. The van der Waals surface area contributed by atoms with Crippen LogP contribution in [0.5, 0.6) is 0 Å². The van der Waals surface area contributed by atoms with Crippen LogP contribution in [-0.2, 0) is 0 Å². The van der Waals surface area contributed by atoms with Crippen LogP contribution in [0.4, 0.5) is 5.69 Å². The fraction of sp³-hybridized carbons (Fsp3) is 0.562. The van der Waals surface area contributed by atoms with Gasteiger partial charge in [0, 0.05) is 56.2 Å². The zero-order chi connectivity index (χ0) is 14.1. The molecule has 0 amide bonds. The number of fused-ring (bicyclic) bond motifs is 1. The molecule has 2 saturated heterocycles. The van der Waals surface area contributed by atoms with E-state index in [1.807, 2.05) is 0 Å². The van der Waals surface area contributed by atoms with Crippen molar-refractivity contribution in [2.24, 2.45) is 0 Å². The van der Waals surface area contributed by atoms with Crippen molar-refractivity contribution in [2.75, 3.05) is 42.6 Å². The molecule has 21 heavy (non-hydrogen) atoms. The van der Waals surface area contributed by atoms with Gasteiger partial charge in [-0.3, -0.25) is 0 Å². The largest absolute Gasteiger partial charge is 0.369 e. The maximum absolute atomic E-state index is 4.90. The van der Waals surface area contributed by atoms with Gasteiger partial charge < -0.3 is 14.6 Å². The number of rotatable bonds is 2. The Morgan fingerprint density at radius 3 is 2.81 bits per heavy atom. The Hall–Kier alpha value is -1.20. The lowest BCUT2D eigenvalue weighted by Gasteiger charge is -2.29. The summed E-state index contributed by atoms with van der Waals surface area (Å²) in [4.78, 5) is 7.35. The molecule has 2 aromatic heterocycles. The maximum atomic E-state index is 4.90. The number of imidazole rings is 1. The SMILES string of the molecule is c1cn2cc(C3CCSCC3)nc2cc1N1CCNCC1. The molecular weight excluding hydrogens is 280 g/mol. The lowest BCUT2D eigenvalue weighted by atomic mass is 10.00. The first-order chi connectivity index (χ1) is 10.4.